The average Bonchev–Trinajstić information content (AvgIpc) is 3.01. The van der Waals surface area contributed by atoms with Gasteiger partial charge in [0.05, 0.1) is 40.8 Å². The fourth-order valence-corrected chi connectivity index (χ4v) is 5.70. The van der Waals surface area contributed by atoms with Gasteiger partial charge in [0.2, 0.25) is 10.0 Å². The normalized spacial score (nSPS) is 12.8. The Balaban J connectivity index is 1.51. The molecule has 2 atom stereocenters. The topological polar surface area (TPSA) is 98.7 Å². The van der Waals surface area contributed by atoms with Crippen molar-refractivity contribution in [3.05, 3.63) is 131 Å². The van der Waals surface area contributed by atoms with Crippen LogP contribution in [0.15, 0.2) is 109 Å². The predicted molar refractivity (Wildman–Crippen MR) is 168 cm³/mol. The molecule has 234 valence electrons. The Bertz CT molecular complexity index is 1760. The van der Waals surface area contributed by atoms with Crippen molar-refractivity contribution in [2.75, 3.05) is 17.1 Å². The third-order valence-electron chi connectivity index (χ3n) is 6.82. The number of hydrogen-bond donors (Lipinski definition) is 3. The maximum absolute atomic E-state index is 13.3. The summed E-state index contributed by atoms with van der Waals surface area (Å²) in [5.74, 6) is 1.61. The second-order valence-electron chi connectivity index (χ2n) is 10.3. The lowest BCUT2D eigenvalue weighted by Crippen LogP contribution is -2.33. The number of aliphatic hydroxyl groups is 1. The van der Waals surface area contributed by atoms with Crippen LogP contribution >= 0.6 is 0 Å². The van der Waals surface area contributed by atoms with E-state index in [1.54, 1.807) is 48.5 Å². The number of aliphatic hydroxyl groups excluding tert-OH is 1. The van der Waals surface area contributed by atoms with Crippen molar-refractivity contribution in [3.8, 4) is 12.0 Å². The molecule has 0 bridgehead atoms. The van der Waals surface area contributed by atoms with E-state index >= 15 is 0 Å². The van der Waals surface area contributed by atoms with E-state index < -0.39 is 39.7 Å². The van der Waals surface area contributed by atoms with Crippen LogP contribution in [0.5, 0.6) is 0 Å². The van der Waals surface area contributed by atoms with Gasteiger partial charge in [0, 0.05) is 19.1 Å². The maximum Gasteiger partial charge on any atom is 0.416 e. The zero-order valence-corrected chi connectivity index (χ0v) is 25.1. The molecule has 1 amide bonds. The number of amides is 1. The highest BCUT2D eigenvalue weighted by atomic mass is 32.2. The van der Waals surface area contributed by atoms with Gasteiger partial charge in [-0.2, -0.15) is 13.2 Å². The highest BCUT2D eigenvalue weighted by Crippen LogP contribution is 2.31. The molecule has 0 aliphatic rings. The molecule has 7 nitrogen and oxygen atoms in total. The van der Waals surface area contributed by atoms with Gasteiger partial charge in [-0.25, -0.2) is 12.7 Å². The Labute approximate surface area is 260 Å². The first kappa shape index (κ1) is 33.3. The molecule has 0 unspecified atom stereocenters. The molecule has 11 heteroatoms. The highest BCUT2D eigenvalue weighted by Gasteiger charge is 2.30. The number of carbonyl (C=O) groups is 1. The Morgan fingerprint density at radius 1 is 0.889 bits per heavy atom. The minimum atomic E-state index is -4.46. The van der Waals surface area contributed by atoms with Crippen LogP contribution in [0.1, 0.15) is 27.0 Å². The Morgan fingerprint density at radius 2 is 1.51 bits per heavy atom. The van der Waals surface area contributed by atoms with Crippen molar-refractivity contribution in [1.82, 2.24) is 10.6 Å². The number of rotatable bonds is 11. The number of hydrogen-bond acceptors (Lipinski definition) is 5. The Morgan fingerprint density at radius 3 is 2.18 bits per heavy atom. The van der Waals surface area contributed by atoms with E-state index in [-0.39, 0.29) is 24.3 Å². The number of alkyl halides is 3. The summed E-state index contributed by atoms with van der Waals surface area (Å²) in [6, 6.07) is 31.5. The lowest BCUT2D eigenvalue weighted by atomic mass is 9.94. The smallest absolute Gasteiger partial charge is 0.390 e. The van der Waals surface area contributed by atoms with E-state index in [2.05, 4.69) is 22.6 Å². The summed E-state index contributed by atoms with van der Waals surface area (Å²) < 4.78 is 65.8. The number of nitrogens with zero attached hydrogens (tertiary/aromatic N) is 1. The van der Waals surface area contributed by atoms with Crippen molar-refractivity contribution in [3.63, 3.8) is 0 Å². The van der Waals surface area contributed by atoms with Crippen LogP contribution in [-0.2, 0) is 29.2 Å². The van der Waals surface area contributed by atoms with Gasteiger partial charge in [-0.1, -0.05) is 84.8 Å². The number of nitrogens with one attached hydrogen (secondary N) is 2. The first-order valence-electron chi connectivity index (χ1n) is 14.0. The molecule has 4 aromatic rings. The number of benzene rings is 4. The number of anilines is 2. The molecule has 0 fully saturated rings. The summed E-state index contributed by atoms with van der Waals surface area (Å²) in [5, 5.41) is 16.5. The minimum Gasteiger partial charge on any atom is -0.390 e. The summed E-state index contributed by atoms with van der Waals surface area (Å²) in [4.78, 5) is 13.3. The molecular weight excluding hydrogens is 603 g/mol. The van der Waals surface area contributed by atoms with Gasteiger partial charge < -0.3 is 10.4 Å². The quantitative estimate of drug-likeness (QED) is 0.149. The number of halogens is 3. The van der Waals surface area contributed by atoms with Crippen LogP contribution in [0.25, 0.3) is 0 Å². The number of carbonyl (C=O) groups excluding carboxylic acids is 1. The van der Waals surface area contributed by atoms with E-state index in [0.717, 1.165) is 28.3 Å². The molecule has 0 saturated heterocycles. The fraction of sp³-hybridized carbons (Fsp3) is 0.206. The standard InChI is InChI=1S/C34H32F3N3O4S/c1-45(43,44)40(29-15-6-3-7-16-29)31-18-9-8-17-30(31)33(42)39-20-19-27(21-25-11-4-2-5-12-25)32(41)24-38-23-26-13-10-14-28(22-26)34(35,36)37/h2-18,22,27,32,38,41H,21,23-24H2,1H3,(H,39,42)/t27-,32+/m1/s1. The van der Waals surface area contributed by atoms with Crippen molar-refractivity contribution in [1.29, 1.82) is 0 Å². The van der Waals surface area contributed by atoms with E-state index in [1.165, 1.54) is 18.2 Å². The SMILES string of the molecule is CS(=O)(=O)N(c1ccccc1)c1ccccc1C(=O)NC#C[C@H](Cc1ccccc1)[C@@H](O)CNCc1cccc(C(F)(F)F)c1. The highest BCUT2D eigenvalue weighted by molar-refractivity contribution is 7.92. The first-order valence-corrected chi connectivity index (χ1v) is 15.8. The largest absolute Gasteiger partial charge is 0.416 e. The third kappa shape index (κ3) is 9.43. The number of sulfonamides is 1. The Hall–Kier alpha value is -4.63. The Kier molecular flexibility index (Phi) is 11.0. The fourth-order valence-electron chi connectivity index (χ4n) is 4.68. The van der Waals surface area contributed by atoms with E-state index in [4.69, 9.17) is 0 Å². The van der Waals surface area contributed by atoms with Crippen LogP contribution in [0.2, 0.25) is 0 Å². The van der Waals surface area contributed by atoms with Gasteiger partial charge in [0.25, 0.3) is 5.91 Å². The zero-order valence-electron chi connectivity index (χ0n) is 24.3. The molecule has 0 heterocycles. The average molecular weight is 636 g/mol. The monoisotopic (exact) mass is 635 g/mol. The van der Waals surface area contributed by atoms with E-state index in [0.29, 0.717) is 17.7 Å². The van der Waals surface area contributed by atoms with Gasteiger partial charge in [-0.15, -0.1) is 0 Å². The molecule has 45 heavy (non-hydrogen) atoms. The molecule has 0 saturated carbocycles. The van der Waals surface area contributed by atoms with Crippen LogP contribution in [0.4, 0.5) is 24.5 Å². The molecule has 0 radical (unpaired) electrons. The van der Waals surface area contributed by atoms with Gasteiger partial charge >= 0.3 is 6.18 Å². The molecule has 0 aromatic heterocycles. The molecule has 0 spiro atoms. The lowest BCUT2D eigenvalue weighted by Gasteiger charge is -2.24. The summed E-state index contributed by atoms with van der Waals surface area (Å²) in [7, 11) is -3.82. The second kappa shape index (κ2) is 14.9. The molecule has 3 N–H and O–H groups in total. The molecule has 4 aromatic carbocycles. The van der Waals surface area contributed by atoms with Crippen LogP contribution in [0.3, 0.4) is 0 Å². The summed E-state index contributed by atoms with van der Waals surface area (Å²) >= 11 is 0. The second-order valence-corrected chi connectivity index (χ2v) is 12.1. The van der Waals surface area contributed by atoms with Gasteiger partial charge in [-0.3, -0.25) is 10.1 Å². The van der Waals surface area contributed by atoms with Gasteiger partial charge in [0.15, 0.2) is 0 Å². The summed E-state index contributed by atoms with van der Waals surface area (Å²) in [6.45, 7) is 0.123. The molecular formula is C34H32F3N3O4S. The van der Waals surface area contributed by atoms with Crippen LogP contribution < -0.4 is 14.9 Å². The van der Waals surface area contributed by atoms with E-state index in [1.807, 2.05) is 30.3 Å². The maximum atomic E-state index is 13.3. The summed E-state index contributed by atoms with van der Waals surface area (Å²) in [6.07, 6.45) is -4.11. The molecule has 4 rings (SSSR count). The first-order chi connectivity index (χ1) is 21.4. The van der Waals surface area contributed by atoms with Crippen molar-refractivity contribution >= 4 is 27.3 Å². The van der Waals surface area contributed by atoms with Crippen molar-refractivity contribution in [2.45, 2.75) is 25.2 Å². The minimum absolute atomic E-state index is 0.0274. The van der Waals surface area contributed by atoms with Crippen LogP contribution in [0, 0.1) is 17.9 Å². The van der Waals surface area contributed by atoms with Gasteiger partial charge in [-0.05, 0) is 47.9 Å². The third-order valence-corrected chi connectivity index (χ3v) is 7.89. The summed E-state index contributed by atoms with van der Waals surface area (Å²) in [5.41, 5.74) is 1.12. The predicted octanol–water partition coefficient (Wildman–Crippen LogP) is 5.50. The number of para-hydroxylation sites is 2. The van der Waals surface area contributed by atoms with Crippen molar-refractivity contribution in [2.24, 2.45) is 5.92 Å². The van der Waals surface area contributed by atoms with Crippen molar-refractivity contribution < 1.29 is 31.5 Å². The van der Waals surface area contributed by atoms with Crippen LogP contribution in [-0.4, -0.2) is 38.3 Å². The van der Waals surface area contributed by atoms with Gasteiger partial charge in [0.1, 0.15) is 0 Å². The zero-order chi connectivity index (χ0) is 32.5. The molecule has 0 aliphatic carbocycles. The molecule has 0 aliphatic heterocycles. The lowest BCUT2D eigenvalue weighted by molar-refractivity contribution is -0.137. The van der Waals surface area contributed by atoms with E-state index in [9.17, 15) is 31.5 Å².